The summed E-state index contributed by atoms with van der Waals surface area (Å²) < 4.78 is 4.92. The Balaban J connectivity index is 2.79. The van der Waals surface area contributed by atoms with Gasteiger partial charge in [0.25, 0.3) is 0 Å². The summed E-state index contributed by atoms with van der Waals surface area (Å²) in [7, 11) is 0. The fourth-order valence-corrected chi connectivity index (χ4v) is 1.31. The lowest BCUT2D eigenvalue weighted by Gasteiger charge is -2.10. The number of nitrogens with one attached hydrogen (secondary N) is 2. The van der Waals surface area contributed by atoms with Gasteiger partial charge in [-0.15, -0.1) is 0 Å². The normalized spacial score (nSPS) is 10.9. The van der Waals surface area contributed by atoms with Gasteiger partial charge in [-0.1, -0.05) is 22.9 Å². The van der Waals surface area contributed by atoms with Gasteiger partial charge in [0.05, 0.1) is 5.69 Å². The summed E-state index contributed by atoms with van der Waals surface area (Å²) in [5, 5.41) is 9.02. The molecular weight excluding hydrogens is 254 g/mol. The van der Waals surface area contributed by atoms with Crippen molar-refractivity contribution in [2.45, 2.75) is 34.6 Å². The minimum atomic E-state index is -0.392. The van der Waals surface area contributed by atoms with Crippen LogP contribution in [0.4, 0.5) is 10.7 Å². The molecule has 5 nitrogen and oxygen atoms in total. The summed E-state index contributed by atoms with van der Waals surface area (Å²) in [5.41, 5.74) is 4.40. The Labute approximate surface area is 119 Å². The van der Waals surface area contributed by atoms with Crippen molar-refractivity contribution in [1.82, 2.24) is 10.5 Å². The molecule has 0 aliphatic carbocycles. The van der Waals surface area contributed by atoms with Crippen molar-refractivity contribution < 1.29 is 9.32 Å². The summed E-state index contributed by atoms with van der Waals surface area (Å²) in [6.07, 6.45) is 1.89. The molecule has 0 bridgehead atoms. The van der Waals surface area contributed by atoms with Gasteiger partial charge in [0.2, 0.25) is 5.88 Å². The smallest absolute Gasteiger partial charge is 0.326 e. The molecule has 0 aliphatic heterocycles. The van der Waals surface area contributed by atoms with E-state index in [1.165, 1.54) is 5.57 Å². The Morgan fingerprint density at radius 3 is 2.45 bits per heavy atom. The summed E-state index contributed by atoms with van der Waals surface area (Å²) in [4.78, 5) is 11.9. The third kappa shape index (κ3) is 4.76. The molecule has 0 unspecified atom stereocenters. The summed E-state index contributed by atoms with van der Waals surface area (Å²) >= 11 is 0. The highest BCUT2D eigenvalue weighted by Crippen LogP contribution is 2.12. The number of nitrogens with zero attached hydrogens (tertiary/aromatic N) is 1. The van der Waals surface area contributed by atoms with Crippen LogP contribution in [-0.2, 0) is 0 Å². The molecule has 0 aromatic carbocycles. The summed E-state index contributed by atoms with van der Waals surface area (Å²) in [5.74, 6) is 0.306. The van der Waals surface area contributed by atoms with Gasteiger partial charge < -0.3 is 9.84 Å². The van der Waals surface area contributed by atoms with E-state index in [0.717, 1.165) is 11.1 Å². The number of anilines is 1. The van der Waals surface area contributed by atoms with Crippen LogP contribution in [0, 0.1) is 6.92 Å². The van der Waals surface area contributed by atoms with Gasteiger partial charge in [0.15, 0.2) is 0 Å². The third-order valence-electron chi connectivity index (χ3n) is 2.72. The third-order valence-corrected chi connectivity index (χ3v) is 2.72. The van der Waals surface area contributed by atoms with Crippen molar-refractivity contribution in [1.29, 1.82) is 0 Å². The fraction of sp³-hybridized carbons (Fsp3) is 0.333. The zero-order valence-electron chi connectivity index (χ0n) is 12.6. The molecule has 2 amide bonds. The maximum absolute atomic E-state index is 11.9. The second-order valence-electron chi connectivity index (χ2n) is 4.93. The molecule has 2 N–H and O–H groups in total. The van der Waals surface area contributed by atoms with E-state index in [1.807, 2.05) is 33.8 Å². The van der Waals surface area contributed by atoms with Gasteiger partial charge in [0, 0.05) is 11.8 Å². The molecule has 1 rings (SSSR count). The maximum Gasteiger partial charge on any atom is 0.326 e. The molecule has 0 radical (unpaired) electrons. The highest BCUT2D eigenvalue weighted by molar-refractivity contribution is 5.89. The summed E-state index contributed by atoms with van der Waals surface area (Å²) in [6, 6.07) is 1.25. The van der Waals surface area contributed by atoms with Gasteiger partial charge in [-0.3, -0.25) is 5.32 Å². The second-order valence-corrected chi connectivity index (χ2v) is 4.93. The highest BCUT2D eigenvalue weighted by atomic mass is 16.5. The van der Waals surface area contributed by atoms with Crippen molar-refractivity contribution in [3.8, 4) is 0 Å². The standard InChI is InChI=1S/C15H21N3O2/c1-9(2)11(5)7-13(10(3)4)16-15(19)17-14-8-12(6)18-20-14/h7-8H,3H2,1-2,4-6H3,(H2,16,17,19)/b13-7+. The first-order valence-corrected chi connectivity index (χ1v) is 6.32. The van der Waals surface area contributed by atoms with Gasteiger partial charge in [-0.2, -0.15) is 0 Å². The monoisotopic (exact) mass is 275 g/mol. The molecule has 20 heavy (non-hydrogen) atoms. The lowest BCUT2D eigenvalue weighted by Crippen LogP contribution is -2.28. The quantitative estimate of drug-likeness (QED) is 0.818. The maximum atomic E-state index is 11.9. The minimum absolute atomic E-state index is 0.306. The van der Waals surface area contributed by atoms with Crippen LogP contribution in [0.25, 0.3) is 0 Å². The van der Waals surface area contributed by atoms with Crippen molar-refractivity contribution in [2.24, 2.45) is 0 Å². The minimum Gasteiger partial charge on any atom is -0.338 e. The Hall–Kier alpha value is -2.30. The Morgan fingerprint density at radius 2 is 2.00 bits per heavy atom. The predicted molar refractivity (Wildman–Crippen MR) is 80.3 cm³/mol. The first-order valence-electron chi connectivity index (χ1n) is 6.32. The number of carbonyl (C=O) groups excluding carboxylic acids is 1. The Bertz CT molecular complexity index is 576. The van der Waals surface area contributed by atoms with Gasteiger partial charge in [0.1, 0.15) is 0 Å². The largest absolute Gasteiger partial charge is 0.338 e. The molecule has 1 aromatic rings. The molecule has 0 fully saturated rings. The van der Waals surface area contributed by atoms with Crippen LogP contribution in [0.15, 0.2) is 45.7 Å². The number of carbonyl (C=O) groups is 1. The van der Waals surface area contributed by atoms with Crippen LogP contribution in [0.3, 0.4) is 0 Å². The number of urea groups is 1. The molecule has 1 aromatic heterocycles. The molecule has 0 atom stereocenters. The molecule has 1 heterocycles. The first-order chi connectivity index (χ1) is 9.29. The number of hydrogen-bond acceptors (Lipinski definition) is 3. The van der Waals surface area contributed by atoms with Crippen LogP contribution >= 0.6 is 0 Å². The Morgan fingerprint density at radius 1 is 1.35 bits per heavy atom. The molecule has 0 saturated heterocycles. The second kappa shape index (κ2) is 6.75. The van der Waals surface area contributed by atoms with Gasteiger partial charge in [-0.05, 0) is 46.3 Å². The van der Waals surface area contributed by atoms with E-state index in [9.17, 15) is 4.79 Å². The van der Waals surface area contributed by atoms with Crippen molar-refractivity contribution in [3.63, 3.8) is 0 Å². The zero-order valence-corrected chi connectivity index (χ0v) is 12.6. The molecule has 0 spiro atoms. The predicted octanol–water partition coefficient (Wildman–Crippen LogP) is 3.92. The van der Waals surface area contributed by atoms with Crippen molar-refractivity contribution >= 4 is 11.9 Å². The van der Waals surface area contributed by atoms with Crippen LogP contribution in [0.1, 0.15) is 33.4 Å². The van der Waals surface area contributed by atoms with E-state index >= 15 is 0 Å². The number of hydrogen-bond donors (Lipinski definition) is 2. The van der Waals surface area contributed by atoms with Gasteiger partial charge >= 0.3 is 6.03 Å². The summed E-state index contributed by atoms with van der Waals surface area (Å²) in [6.45, 7) is 13.5. The van der Waals surface area contributed by atoms with Crippen LogP contribution in [0.5, 0.6) is 0 Å². The SMILES string of the molecule is C=C(C)/C(=C\C(C)=C(C)C)NC(=O)Nc1cc(C)no1. The molecule has 5 heteroatoms. The van der Waals surface area contributed by atoms with Crippen LogP contribution in [0.2, 0.25) is 0 Å². The molecule has 0 saturated carbocycles. The number of rotatable bonds is 4. The number of aromatic nitrogens is 1. The zero-order chi connectivity index (χ0) is 15.3. The van der Waals surface area contributed by atoms with Crippen molar-refractivity contribution in [3.05, 3.63) is 46.8 Å². The lowest BCUT2D eigenvalue weighted by molar-refractivity contribution is 0.253. The number of allylic oxidation sites excluding steroid dienone is 4. The first kappa shape index (κ1) is 15.8. The Kier molecular flexibility index (Phi) is 5.32. The van der Waals surface area contributed by atoms with Gasteiger partial charge in [-0.25, -0.2) is 4.79 Å². The lowest BCUT2D eigenvalue weighted by atomic mass is 10.1. The van der Waals surface area contributed by atoms with E-state index in [2.05, 4.69) is 22.4 Å². The average Bonchev–Trinajstić information content (AvgIpc) is 2.73. The van der Waals surface area contributed by atoms with E-state index < -0.39 is 6.03 Å². The number of amides is 2. The topological polar surface area (TPSA) is 67.2 Å². The molecule has 0 aliphatic rings. The van der Waals surface area contributed by atoms with E-state index in [1.54, 1.807) is 13.0 Å². The van der Waals surface area contributed by atoms with Crippen LogP contribution in [-0.4, -0.2) is 11.2 Å². The number of aryl methyl sites for hydroxylation is 1. The van der Waals surface area contributed by atoms with E-state index in [-0.39, 0.29) is 0 Å². The van der Waals surface area contributed by atoms with E-state index in [0.29, 0.717) is 17.3 Å². The van der Waals surface area contributed by atoms with Crippen molar-refractivity contribution in [2.75, 3.05) is 5.32 Å². The average molecular weight is 275 g/mol. The highest BCUT2D eigenvalue weighted by Gasteiger charge is 2.08. The molecule has 108 valence electrons. The van der Waals surface area contributed by atoms with Crippen LogP contribution < -0.4 is 10.6 Å². The fourth-order valence-electron chi connectivity index (χ4n) is 1.31. The molecular formula is C15H21N3O2. The van der Waals surface area contributed by atoms with E-state index in [4.69, 9.17) is 4.52 Å².